The molecule has 3 N–H and O–H groups in total. The molecule has 0 aliphatic heterocycles. The molecule has 3 amide bonds. The van der Waals surface area contributed by atoms with Crippen molar-refractivity contribution in [3.05, 3.63) is 71.5 Å². The first-order valence-electron chi connectivity index (χ1n) is 9.16. The van der Waals surface area contributed by atoms with Gasteiger partial charge in [0.05, 0.1) is 12.7 Å². The second kappa shape index (κ2) is 8.52. The smallest absolute Gasteiger partial charge is 0.318 e. The number of carbonyl (C=O) groups is 2. The molecule has 150 valence electrons. The molecular weight excluding hydrogens is 368 g/mol. The molecule has 0 spiro atoms. The maximum absolute atomic E-state index is 12.9. The van der Waals surface area contributed by atoms with E-state index >= 15 is 0 Å². The molecule has 0 saturated carbocycles. The summed E-state index contributed by atoms with van der Waals surface area (Å²) < 4.78 is 7.24. The first-order chi connectivity index (χ1) is 13.9. The van der Waals surface area contributed by atoms with Crippen molar-refractivity contribution in [2.24, 2.45) is 0 Å². The van der Waals surface area contributed by atoms with Gasteiger partial charge in [0.25, 0.3) is 5.91 Å². The minimum Gasteiger partial charge on any atom is -0.497 e. The zero-order valence-corrected chi connectivity index (χ0v) is 16.9. The Balaban J connectivity index is 1.83. The number of nitrogens with zero attached hydrogens (tertiary/aromatic N) is 1. The van der Waals surface area contributed by atoms with Crippen molar-refractivity contribution in [1.29, 1.82) is 0 Å². The Morgan fingerprint density at radius 3 is 2.21 bits per heavy atom. The number of methoxy groups -OCH3 is 1. The monoisotopic (exact) mass is 392 g/mol. The minimum atomic E-state index is -0.323. The topological polar surface area (TPSA) is 84.4 Å². The van der Waals surface area contributed by atoms with E-state index in [1.807, 2.05) is 48.7 Å². The average Bonchev–Trinajstić information content (AvgIpc) is 3.02. The molecule has 1 heterocycles. The van der Waals surface area contributed by atoms with Crippen LogP contribution in [0.2, 0.25) is 0 Å². The lowest BCUT2D eigenvalue weighted by Crippen LogP contribution is -2.24. The Labute approximate surface area is 169 Å². The van der Waals surface area contributed by atoms with Crippen molar-refractivity contribution in [2.75, 3.05) is 24.8 Å². The number of rotatable bonds is 5. The molecule has 0 aliphatic carbocycles. The Morgan fingerprint density at radius 1 is 0.931 bits per heavy atom. The number of benzene rings is 2. The predicted octanol–water partition coefficient (Wildman–Crippen LogP) is 4.11. The average molecular weight is 392 g/mol. The van der Waals surface area contributed by atoms with Crippen LogP contribution in [0.25, 0.3) is 5.69 Å². The molecule has 0 saturated heterocycles. The van der Waals surface area contributed by atoms with E-state index in [0.29, 0.717) is 16.9 Å². The van der Waals surface area contributed by atoms with Gasteiger partial charge >= 0.3 is 6.03 Å². The minimum absolute atomic E-state index is 0.213. The van der Waals surface area contributed by atoms with E-state index in [2.05, 4.69) is 16.0 Å². The number of hydrogen-bond donors (Lipinski definition) is 3. The van der Waals surface area contributed by atoms with Crippen molar-refractivity contribution in [3.63, 3.8) is 0 Å². The van der Waals surface area contributed by atoms with Gasteiger partial charge in [-0.2, -0.15) is 0 Å². The van der Waals surface area contributed by atoms with Crippen LogP contribution in [0, 0.1) is 13.8 Å². The summed E-state index contributed by atoms with van der Waals surface area (Å²) in [5.41, 5.74) is 4.52. The molecule has 1 aromatic heterocycles. The summed E-state index contributed by atoms with van der Waals surface area (Å²) in [6.45, 7) is 3.87. The highest BCUT2D eigenvalue weighted by molar-refractivity contribution is 6.05. The SMILES string of the molecule is CNC(=O)Nc1cccc(NC(=O)c2cc(C)n(-c3ccc(OC)cc3)c2C)c1. The van der Waals surface area contributed by atoms with E-state index in [0.717, 1.165) is 22.8 Å². The van der Waals surface area contributed by atoms with Gasteiger partial charge in [0.1, 0.15) is 5.75 Å². The van der Waals surface area contributed by atoms with Gasteiger partial charge in [0.2, 0.25) is 0 Å². The molecule has 0 aliphatic rings. The van der Waals surface area contributed by atoms with Crippen LogP contribution in [0.3, 0.4) is 0 Å². The highest BCUT2D eigenvalue weighted by Crippen LogP contribution is 2.24. The molecule has 0 radical (unpaired) electrons. The maximum Gasteiger partial charge on any atom is 0.318 e. The molecular formula is C22H24N4O3. The van der Waals surface area contributed by atoms with Gasteiger partial charge in [-0.05, 0) is 62.4 Å². The van der Waals surface area contributed by atoms with Crippen LogP contribution in [-0.4, -0.2) is 30.7 Å². The number of aryl methyl sites for hydroxylation is 1. The van der Waals surface area contributed by atoms with E-state index in [1.165, 1.54) is 0 Å². The molecule has 0 bridgehead atoms. The lowest BCUT2D eigenvalue weighted by molar-refractivity contribution is 0.102. The van der Waals surface area contributed by atoms with Gasteiger partial charge in [0, 0.05) is 35.5 Å². The van der Waals surface area contributed by atoms with Crippen LogP contribution in [-0.2, 0) is 0 Å². The molecule has 3 rings (SSSR count). The zero-order valence-electron chi connectivity index (χ0n) is 16.9. The van der Waals surface area contributed by atoms with Crippen molar-refractivity contribution in [3.8, 4) is 11.4 Å². The molecule has 7 nitrogen and oxygen atoms in total. The van der Waals surface area contributed by atoms with E-state index < -0.39 is 0 Å². The van der Waals surface area contributed by atoms with Crippen LogP contribution in [0.5, 0.6) is 5.75 Å². The Bertz CT molecular complexity index is 1040. The van der Waals surface area contributed by atoms with Crippen LogP contribution in [0.1, 0.15) is 21.7 Å². The highest BCUT2D eigenvalue weighted by Gasteiger charge is 2.17. The molecule has 7 heteroatoms. The quantitative estimate of drug-likeness (QED) is 0.611. The fourth-order valence-corrected chi connectivity index (χ4v) is 3.19. The molecule has 0 fully saturated rings. The van der Waals surface area contributed by atoms with Gasteiger partial charge < -0.3 is 25.3 Å². The van der Waals surface area contributed by atoms with Crippen LogP contribution in [0.15, 0.2) is 54.6 Å². The second-order valence-electron chi connectivity index (χ2n) is 6.56. The summed E-state index contributed by atoms with van der Waals surface area (Å²) in [5, 5.41) is 8.07. The molecule has 0 atom stereocenters. The second-order valence-corrected chi connectivity index (χ2v) is 6.56. The maximum atomic E-state index is 12.9. The van der Waals surface area contributed by atoms with Gasteiger partial charge in [-0.25, -0.2) is 4.79 Å². The summed E-state index contributed by atoms with van der Waals surface area (Å²) in [6.07, 6.45) is 0. The lowest BCUT2D eigenvalue weighted by Gasteiger charge is -2.11. The summed E-state index contributed by atoms with van der Waals surface area (Å²) in [6, 6.07) is 16.2. The number of carbonyl (C=O) groups excluding carboxylic acids is 2. The number of amides is 3. The van der Waals surface area contributed by atoms with Gasteiger partial charge in [-0.3, -0.25) is 4.79 Å². The summed E-state index contributed by atoms with van der Waals surface area (Å²) >= 11 is 0. The first kappa shape index (κ1) is 20.0. The third-order valence-electron chi connectivity index (χ3n) is 4.61. The summed E-state index contributed by atoms with van der Waals surface area (Å²) in [7, 11) is 3.17. The fraction of sp³-hybridized carbons (Fsp3) is 0.182. The Hall–Kier alpha value is -3.74. The zero-order chi connectivity index (χ0) is 21.0. The summed E-state index contributed by atoms with van der Waals surface area (Å²) in [4.78, 5) is 24.4. The molecule has 3 aromatic rings. The lowest BCUT2D eigenvalue weighted by atomic mass is 10.2. The van der Waals surface area contributed by atoms with Crippen LogP contribution >= 0.6 is 0 Å². The van der Waals surface area contributed by atoms with Crippen molar-refractivity contribution in [1.82, 2.24) is 9.88 Å². The standard InChI is InChI=1S/C22H24N4O3/c1-14-12-20(15(2)26(14)18-8-10-19(29-4)11-9-18)21(27)24-16-6-5-7-17(13-16)25-22(28)23-3/h5-13H,1-4H3,(H,24,27)(H2,23,25,28). The number of hydrogen-bond acceptors (Lipinski definition) is 3. The van der Waals surface area contributed by atoms with Crippen LogP contribution in [0.4, 0.5) is 16.2 Å². The third kappa shape index (κ3) is 4.40. The third-order valence-corrected chi connectivity index (χ3v) is 4.61. The normalized spacial score (nSPS) is 10.3. The largest absolute Gasteiger partial charge is 0.497 e. The van der Waals surface area contributed by atoms with Gasteiger partial charge in [-0.1, -0.05) is 6.07 Å². The van der Waals surface area contributed by atoms with E-state index in [4.69, 9.17) is 4.74 Å². The van der Waals surface area contributed by atoms with E-state index in [9.17, 15) is 9.59 Å². The summed E-state index contributed by atoms with van der Waals surface area (Å²) in [5.74, 6) is 0.564. The number of anilines is 2. The van der Waals surface area contributed by atoms with Gasteiger partial charge in [-0.15, -0.1) is 0 Å². The fourth-order valence-electron chi connectivity index (χ4n) is 3.19. The van der Waals surface area contributed by atoms with Gasteiger partial charge in [0.15, 0.2) is 0 Å². The number of urea groups is 1. The van der Waals surface area contributed by atoms with E-state index in [1.54, 1.807) is 38.4 Å². The predicted molar refractivity (Wildman–Crippen MR) is 114 cm³/mol. The number of nitrogens with one attached hydrogen (secondary N) is 3. The number of aromatic nitrogens is 1. The highest BCUT2D eigenvalue weighted by atomic mass is 16.5. The molecule has 2 aromatic carbocycles. The molecule has 29 heavy (non-hydrogen) atoms. The van der Waals surface area contributed by atoms with Crippen molar-refractivity contribution >= 4 is 23.3 Å². The van der Waals surface area contributed by atoms with Crippen molar-refractivity contribution < 1.29 is 14.3 Å². The molecule has 0 unspecified atom stereocenters. The Morgan fingerprint density at radius 2 is 1.59 bits per heavy atom. The van der Waals surface area contributed by atoms with Crippen LogP contribution < -0.4 is 20.7 Å². The first-order valence-corrected chi connectivity index (χ1v) is 9.16. The Kier molecular flexibility index (Phi) is 5.87. The number of ether oxygens (including phenoxy) is 1. The van der Waals surface area contributed by atoms with Crippen molar-refractivity contribution in [2.45, 2.75) is 13.8 Å². The van der Waals surface area contributed by atoms with E-state index in [-0.39, 0.29) is 11.9 Å².